The molecule has 0 saturated carbocycles. The Morgan fingerprint density at radius 1 is 0.789 bits per heavy atom. The van der Waals surface area contributed by atoms with Gasteiger partial charge in [-0.15, -0.1) is 0 Å². The summed E-state index contributed by atoms with van der Waals surface area (Å²) in [6, 6.07) is 7.10. The molecule has 0 amide bonds. The summed E-state index contributed by atoms with van der Waals surface area (Å²) in [5, 5.41) is 71.0. The van der Waals surface area contributed by atoms with Gasteiger partial charge >= 0.3 is 5.97 Å². The number of esters is 1. The number of phenols is 7. The first kappa shape index (κ1) is 26.6. The predicted molar refractivity (Wildman–Crippen MR) is 135 cm³/mol. The van der Waals surface area contributed by atoms with E-state index in [2.05, 4.69) is 0 Å². The van der Waals surface area contributed by atoms with Crippen molar-refractivity contribution < 1.29 is 50.0 Å². The number of phenolic OH excluding ortho intramolecular Hbond substituents is 7. The zero-order chi connectivity index (χ0) is 28.0. The van der Waals surface area contributed by atoms with Crippen LogP contribution in [0.1, 0.15) is 72.7 Å². The molecule has 1 heterocycles. The molecule has 2 unspecified atom stereocenters. The van der Waals surface area contributed by atoms with E-state index in [1.54, 1.807) is 0 Å². The first-order chi connectivity index (χ1) is 17.8. The zero-order valence-corrected chi connectivity index (χ0v) is 21.2. The number of hydrogen-bond donors (Lipinski definition) is 7. The third kappa shape index (κ3) is 4.53. The smallest absolute Gasteiger partial charge is 0.338 e. The van der Waals surface area contributed by atoms with Crippen LogP contribution in [-0.4, -0.2) is 47.8 Å². The second kappa shape index (κ2) is 9.77. The Bertz CT molecular complexity index is 1370. The third-order valence-corrected chi connectivity index (χ3v) is 6.72. The lowest BCUT2D eigenvalue weighted by Gasteiger charge is -2.42. The molecule has 7 N–H and O–H groups in total. The minimum atomic E-state index is -1.12. The molecule has 10 heteroatoms. The van der Waals surface area contributed by atoms with E-state index in [4.69, 9.17) is 9.47 Å². The molecule has 0 spiro atoms. The van der Waals surface area contributed by atoms with Crippen molar-refractivity contribution in [2.45, 2.75) is 51.7 Å². The van der Waals surface area contributed by atoms with Crippen LogP contribution in [0.15, 0.2) is 36.4 Å². The minimum Gasteiger partial charge on any atom is -0.507 e. The average Bonchev–Trinajstić information content (AvgIpc) is 2.83. The molecule has 0 fully saturated rings. The quantitative estimate of drug-likeness (QED) is 0.180. The van der Waals surface area contributed by atoms with Crippen LogP contribution < -0.4 is 4.74 Å². The van der Waals surface area contributed by atoms with Crippen molar-refractivity contribution >= 4 is 5.97 Å². The Kier molecular flexibility index (Phi) is 6.84. The number of fused-ring (bicyclic) bond motifs is 1. The summed E-state index contributed by atoms with van der Waals surface area (Å²) in [4.78, 5) is 13.2. The summed E-state index contributed by atoms with van der Waals surface area (Å²) in [5.74, 6) is -5.35. The SMILES string of the molecule is CC(C)c1c(O)cc(O)c2c1O[C@H](c1ccc(O)c(O)c1)C(OC(=O)c1cc(O)c(O)c(O)c1)C2C(C)C. The summed E-state index contributed by atoms with van der Waals surface area (Å²) >= 11 is 0. The van der Waals surface area contributed by atoms with Gasteiger partial charge < -0.3 is 45.2 Å². The van der Waals surface area contributed by atoms with Gasteiger partial charge in [0.05, 0.1) is 5.56 Å². The molecule has 1 aliphatic rings. The summed E-state index contributed by atoms with van der Waals surface area (Å²) in [6.45, 7) is 7.39. The van der Waals surface area contributed by atoms with Crippen molar-refractivity contribution in [2.75, 3.05) is 0 Å². The molecule has 10 nitrogen and oxygen atoms in total. The Hall–Kier alpha value is -4.47. The van der Waals surface area contributed by atoms with Gasteiger partial charge in [-0.2, -0.15) is 0 Å². The Balaban J connectivity index is 1.92. The van der Waals surface area contributed by atoms with Gasteiger partial charge in [0, 0.05) is 28.7 Å². The third-order valence-electron chi connectivity index (χ3n) is 6.72. The van der Waals surface area contributed by atoms with E-state index in [1.807, 2.05) is 27.7 Å². The number of carbonyl (C=O) groups excluding carboxylic acids is 1. The molecule has 4 rings (SSSR count). The molecule has 3 aromatic carbocycles. The number of hydrogen-bond acceptors (Lipinski definition) is 10. The maximum Gasteiger partial charge on any atom is 0.338 e. The molecule has 3 aromatic rings. The maximum atomic E-state index is 13.2. The van der Waals surface area contributed by atoms with Crippen LogP contribution in [-0.2, 0) is 4.74 Å². The highest BCUT2D eigenvalue weighted by molar-refractivity contribution is 5.91. The highest BCUT2D eigenvalue weighted by Gasteiger charge is 2.46. The Labute approximate surface area is 218 Å². The van der Waals surface area contributed by atoms with Crippen molar-refractivity contribution in [1.82, 2.24) is 0 Å². The summed E-state index contributed by atoms with van der Waals surface area (Å²) in [7, 11) is 0. The van der Waals surface area contributed by atoms with Crippen molar-refractivity contribution in [3.63, 3.8) is 0 Å². The lowest BCUT2D eigenvalue weighted by molar-refractivity contribution is -0.0403. The molecule has 0 aliphatic carbocycles. The fourth-order valence-corrected chi connectivity index (χ4v) is 4.95. The van der Waals surface area contributed by atoms with Crippen molar-refractivity contribution in [1.29, 1.82) is 0 Å². The number of benzene rings is 3. The van der Waals surface area contributed by atoms with Gasteiger partial charge in [-0.05, 0) is 36.1 Å². The molecule has 1 aliphatic heterocycles. The second-order valence-electron chi connectivity index (χ2n) is 10.0. The van der Waals surface area contributed by atoms with Crippen molar-refractivity contribution in [2.24, 2.45) is 5.92 Å². The maximum absolute atomic E-state index is 13.2. The fourth-order valence-electron chi connectivity index (χ4n) is 4.95. The van der Waals surface area contributed by atoms with Crippen LogP contribution in [0.25, 0.3) is 0 Å². The summed E-state index contributed by atoms with van der Waals surface area (Å²) < 4.78 is 12.2. The topological polar surface area (TPSA) is 177 Å². The van der Waals surface area contributed by atoms with E-state index in [9.17, 15) is 40.5 Å². The standard InChI is InChI=1S/C28H30O10/c1-11(2)21-17(31)10-18(32)23-22(12(3)4)27(38-28(36)14-8-19(33)24(35)20(34)9-14)25(37-26(21)23)13-5-6-15(29)16(30)7-13/h5-12,22,25,27,29-35H,1-4H3/t22?,25-,27?/m1/s1. The van der Waals surface area contributed by atoms with Crippen molar-refractivity contribution in [3.8, 4) is 46.0 Å². The fraction of sp³-hybridized carbons (Fsp3) is 0.321. The molecule has 0 aromatic heterocycles. The largest absolute Gasteiger partial charge is 0.507 e. The number of rotatable bonds is 5. The van der Waals surface area contributed by atoms with Crippen LogP contribution in [0.2, 0.25) is 0 Å². The highest BCUT2D eigenvalue weighted by Crippen LogP contribution is 2.55. The van der Waals surface area contributed by atoms with Gasteiger partial charge in [0.25, 0.3) is 0 Å². The van der Waals surface area contributed by atoms with Gasteiger partial charge in [0.2, 0.25) is 0 Å². The zero-order valence-electron chi connectivity index (χ0n) is 21.2. The summed E-state index contributed by atoms with van der Waals surface area (Å²) in [6.07, 6.45) is -2.18. The number of carbonyl (C=O) groups is 1. The van der Waals surface area contributed by atoms with Gasteiger partial charge in [-0.3, -0.25) is 0 Å². The van der Waals surface area contributed by atoms with Crippen LogP contribution in [0.4, 0.5) is 0 Å². The van der Waals surface area contributed by atoms with E-state index >= 15 is 0 Å². The van der Waals surface area contributed by atoms with E-state index in [-0.39, 0.29) is 40.4 Å². The first-order valence-corrected chi connectivity index (χ1v) is 12.0. The van der Waals surface area contributed by atoms with E-state index < -0.39 is 47.1 Å². The van der Waals surface area contributed by atoms with Crippen molar-refractivity contribution in [3.05, 3.63) is 58.7 Å². The van der Waals surface area contributed by atoms with E-state index in [0.717, 1.165) is 12.1 Å². The van der Waals surface area contributed by atoms with E-state index in [1.165, 1.54) is 24.3 Å². The molecule has 0 saturated heterocycles. The van der Waals surface area contributed by atoms with Gasteiger partial charge in [0.1, 0.15) is 17.2 Å². The number of ether oxygens (including phenoxy) is 2. The lowest BCUT2D eigenvalue weighted by atomic mass is 9.76. The predicted octanol–water partition coefficient (Wildman–Crippen LogP) is 4.85. The van der Waals surface area contributed by atoms with Crippen LogP contribution >= 0.6 is 0 Å². The molecular weight excluding hydrogens is 496 g/mol. The minimum absolute atomic E-state index is 0.170. The van der Waals surface area contributed by atoms with Gasteiger partial charge in [0.15, 0.2) is 41.0 Å². The van der Waals surface area contributed by atoms with Crippen LogP contribution in [0, 0.1) is 5.92 Å². The van der Waals surface area contributed by atoms with Crippen LogP contribution in [0.5, 0.6) is 46.0 Å². The molecule has 202 valence electrons. The van der Waals surface area contributed by atoms with Crippen LogP contribution in [0.3, 0.4) is 0 Å². The molecule has 0 bridgehead atoms. The van der Waals surface area contributed by atoms with Gasteiger partial charge in [-0.1, -0.05) is 33.8 Å². The Morgan fingerprint density at radius 3 is 1.97 bits per heavy atom. The molecule has 0 radical (unpaired) electrons. The lowest BCUT2D eigenvalue weighted by Crippen LogP contribution is -2.40. The first-order valence-electron chi connectivity index (χ1n) is 12.0. The average molecular weight is 527 g/mol. The van der Waals surface area contributed by atoms with E-state index in [0.29, 0.717) is 16.7 Å². The monoisotopic (exact) mass is 526 g/mol. The van der Waals surface area contributed by atoms with Gasteiger partial charge in [-0.25, -0.2) is 4.79 Å². The molecular formula is C28H30O10. The number of aromatic hydroxyl groups is 7. The normalized spacial score (nSPS) is 18.7. The highest BCUT2D eigenvalue weighted by atomic mass is 16.6. The second-order valence-corrected chi connectivity index (χ2v) is 10.0. The Morgan fingerprint density at radius 2 is 1.42 bits per heavy atom. The molecule has 3 atom stereocenters. The molecule has 38 heavy (non-hydrogen) atoms. The summed E-state index contributed by atoms with van der Waals surface area (Å²) in [5.41, 5.74) is 0.851.